The topological polar surface area (TPSA) is 52.4 Å². The molecule has 104 valence electrons. The standard InChI is InChI=1S/C15H14BrNO3/c1-10-5-11(2)7-14(6-10)20-15-4-3-13(17(18)19)8-12(15)9-16/h3-8H,9H2,1-2H3. The van der Waals surface area contributed by atoms with E-state index in [1.54, 1.807) is 6.07 Å². The lowest BCUT2D eigenvalue weighted by atomic mass is 10.1. The highest BCUT2D eigenvalue weighted by molar-refractivity contribution is 9.08. The molecule has 2 aromatic rings. The molecule has 0 spiro atoms. The Balaban J connectivity index is 2.35. The van der Waals surface area contributed by atoms with Crippen molar-refractivity contribution in [2.24, 2.45) is 0 Å². The fourth-order valence-electron chi connectivity index (χ4n) is 2.00. The molecule has 0 radical (unpaired) electrons. The Morgan fingerprint density at radius 3 is 2.35 bits per heavy atom. The van der Waals surface area contributed by atoms with E-state index in [1.165, 1.54) is 12.1 Å². The number of hydrogen-bond donors (Lipinski definition) is 0. The van der Waals surface area contributed by atoms with Gasteiger partial charge in [-0.15, -0.1) is 0 Å². The largest absolute Gasteiger partial charge is 0.457 e. The van der Waals surface area contributed by atoms with E-state index in [-0.39, 0.29) is 5.69 Å². The van der Waals surface area contributed by atoms with Crippen LogP contribution in [0.2, 0.25) is 0 Å². The first-order valence-corrected chi connectivity index (χ1v) is 7.21. The summed E-state index contributed by atoms with van der Waals surface area (Å²) in [4.78, 5) is 10.4. The van der Waals surface area contributed by atoms with Crippen molar-refractivity contribution < 1.29 is 9.66 Å². The number of benzene rings is 2. The lowest BCUT2D eigenvalue weighted by Gasteiger charge is -2.11. The molecule has 0 unspecified atom stereocenters. The molecule has 0 aliphatic carbocycles. The number of ether oxygens (including phenoxy) is 1. The predicted molar refractivity (Wildman–Crippen MR) is 81.7 cm³/mol. The summed E-state index contributed by atoms with van der Waals surface area (Å²) in [5.41, 5.74) is 3.04. The van der Waals surface area contributed by atoms with Crippen LogP contribution in [0.15, 0.2) is 36.4 Å². The summed E-state index contributed by atoms with van der Waals surface area (Å²) < 4.78 is 5.84. The summed E-state index contributed by atoms with van der Waals surface area (Å²) in [5.74, 6) is 1.36. The number of nitrogens with zero attached hydrogens (tertiary/aromatic N) is 1. The van der Waals surface area contributed by atoms with Gasteiger partial charge in [-0.25, -0.2) is 0 Å². The molecule has 0 saturated heterocycles. The SMILES string of the molecule is Cc1cc(C)cc(Oc2ccc([N+](=O)[O-])cc2CBr)c1. The van der Waals surface area contributed by atoms with Crippen LogP contribution < -0.4 is 4.74 Å². The van der Waals surface area contributed by atoms with Crippen LogP contribution in [-0.2, 0) is 5.33 Å². The van der Waals surface area contributed by atoms with E-state index in [0.717, 1.165) is 22.4 Å². The molecular formula is C15H14BrNO3. The smallest absolute Gasteiger partial charge is 0.270 e. The average Bonchev–Trinajstić information content (AvgIpc) is 2.37. The Morgan fingerprint density at radius 2 is 1.80 bits per heavy atom. The zero-order chi connectivity index (χ0) is 14.7. The minimum Gasteiger partial charge on any atom is -0.457 e. The molecule has 20 heavy (non-hydrogen) atoms. The van der Waals surface area contributed by atoms with Crippen LogP contribution in [0.25, 0.3) is 0 Å². The molecule has 0 atom stereocenters. The number of alkyl halides is 1. The number of nitro benzene ring substituents is 1. The Bertz CT molecular complexity index is 635. The van der Waals surface area contributed by atoms with Gasteiger partial charge in [0.05, 0.1) is 4.92 Å². The van der Waals surface area contributed by atoms with Gasteiger partial charge in [-0.05, 0) is 43.2 Å². The van der Waals surface area contributed by atoms with Crippen LogP contribution in [0.1, 0.15) is 16.7 Å². The second kappa shape index (κ2) is 6.05. The van der Waals surface area contributed by atoms with Crippen molar-refractivity contribution in [2.45, 2.75) is 19.2 Å². The van der Waals surface area contributed by atoms with E-state index in [0.29, 0.717) is 11.1 Å². The molecule has 0 N–H and O–H groups in total. The van der Waals surface area contributed by atoms with E-state index in [1.807, 2.05) is 26.0 Å². The normalized spacial score (nSPS) is 10.3. The molecule has 0 heterocycles. The van der Waals surface area contributed by atoms with Crippen LogP contribution in [0.4, 0.5) is 5.69 Å². The Labute approximate surface area is 125 Å². The minimum absolute atomic E-state index is 0.0622. The van der Waals surface area contributed by atoms with Crippen molar-refractivity contribution in [1.29, 1.82) is 0 Å². The van der Waals surface area contributed by atoms with Gasteiger partial charge < -0.3 is 4.74 Å². The molecule has 2 aromatic carbocycles. The summed E-state index contributed by atoms with van der Waals surface area (Å²) in [6.07, 6.45) is 0. The Kier molecular flexibility index (Phi) is 4.39. The first-order chi connectivity index (χ1) is 9.49. The molecule has 5 heteroatoms. The predicted octanol–water partition coefficient (Wildman–Crippen LogP) is 4.90. The Morgan fingerprint density at radius 1 is 1.15 bits per heavy atom. The van der Waals surface area contributed by atoms with Crippen LogP contribution in [0.3, 0.4) is 0 Å². The minimum atomic E-state index is -0.410. The summed E-state index contributed by atoms with van der Waals surface area (Å²) >= 11 is 3.33. The van der Waals surface area contributed by atoms with E-state index in [4.69, 9.17) is 4.74 Å². The van der Waals surface area contributed by atoms with Crippen molar-refractivity contribution in [3.8, 4) is 11.5 Å². The summed E-state index contributed by atoms with van der Waals surface area (Å²) in [5, 5.41) is 11.3. The quantitative estimate of drug-likeness (QED) is 0.453. The third-order valence-electron chi connectivity index (χ3n) is 2.82. The second-order valence-electron chi connectivity index (χ2n) is 4.61. The van der Waals surface area contributed by atoms with E-state index in [9.17, 15) is 10.1 Å². The van der Waals surface area contributed by atoms with E-state index in [2.05, 4.69) is 22.0 Å². The first-order valence-electron chi connectivity index (χ1n) is 6.09. The third-order valence-corrected chi connectivity index (χ3v) is 3.43. The number of rotatable bonds is 4. The van der Waals surface area contributed by atoms with Gasteiger partial charge in [0.25, 0.3) is 5.69 Å². The highest BCUT2D eigenvalue weighted by atomic mass is 79.9. The number of aryl methyl sites for hydroxylation is 2. The molecule has 0 amide bonds. The average molecular weight is 336 g/mol. The molecule has 0 bridgehead atoms. The fourth-order valence-corrected chi connectivity index (χ4v) is 2.44. The Hall–Kier alpha value is -1.88. The van der Waals surface area contributed by atoms with Crippen LogP contribution in [-0.4, -0.2) is 4.92 Å². The molecule has 0 aromatic heterocycles. The van der Waals surface area contributed by atoms with Crippen LogP contribution >= 0.6 is 15.9 Å². The monoisotopic (exact) mass is 335 g/mol. The first kappa shape index (κ1) is 14.5. The third kappa shape index (κ3) is 3.36. The highest BCUT2D eigenvalue weighted by Gasteiger charge is 2.12. The molecule has 2 rings (SSSR count). The maximum Gasteiger partial charge on any atom is 0.270 e. The van der Waals surface area contributed by atoms with Gasteiger partial charge in [0.2, 0.25) is 0 Å². The number of hydrogen-bond acceptors (Lipinski definition) is 3. The van der Waals surface area contributed by atoms with Gasteiger partial charge in [0, 0.05) is 23.0 Å². The fraction of sp³-hybridized carbons (Fsp3) is 0.200. The van der Waals surface area contributed by atoms with Gasteiger partial charge in [0.15, 0.2) is 0 Å². The van der Waals surface area contributed by atoms with Gasteiger partial charge in [-0.2, -0.15) is 0 Å². The molecule has 0 aliphatic rings. The molecule has 0 fully saturated rings. The zero-order valence-electron chi connectivity index (χ0n) is 11.2. The lowest BCUT2D eigenvalue weighted by molar-refractivity contribution is -0.384. The number of nitro groups is 1. The van der Waals surface area contributed by atoms with Crippen molar-refractivity contribution in [3.63, 3.8) is 0 Å². The summed E-state index contributed by atoms with van der Waals surface area (Å²) in [7, 11) is 0. The molecule has 4 nitrogen and oxygen atoms in total. The molecule has 0 saturated carbocycles. The van der Waals surface area contributed by atoms with Gasteiger partial charge in [0.1, 0.15) is 11.5 Å². The number of non-ortho nitro benzene ring substituents is 1. The van der Waals surface area contributed by atoms with Gasteiger partial charge in [-0.3, -0.25) is 10.1 Å². The maximum atomic E-state index is 10.8. The van der Waals surface area contributed by atoms with E-state index < -0.39 is 4.92 Å². The van der Waals surface area contributed by atoms with Crippen molar-refractivity contribution in [3.05, 3.63) is 63.2 Å². The van der Waals surface area contributed by atoms with Gasteiger partial charge >= 0.3 is 0 Å². The number of halogens is 1. The summed E-state index contributed by atoms with van der Waals surface area (Å²) in [6.45, 7) is 4.00. The van der Waals surface area contributed by atoms with E-state index >= 15 is 0 Å². The van der Waals surface area contributed by atoms with Crippen LogP contribution in [0, 0.1) is 24.0 Å². The molecule has 0 aliphatic heterocycles. The van der Waals surface area contributed by atoms with Crippen molar-refractivity contribution >= 4 is 21.6 Å². The zero-order valence-corrected chi connectivity index (χ0v) is 12.8. The van der Waals surface area contributed by atoms with Gasteiger partial charge in [-0.1, -0.05) is 22.0 Å². The highest BCUT2D eigenvalue weighted by Crippen LogP contribution is 2.31. The van der Waals surface area contributed by atoms with Crippen molar-refractivity contribution in [2.75, 3.05) is 0 Å². The lowest BCUT2D eigenvalue weighted by Crippen LogP contribution is -1.94. The maximum absolute atomic E-state index is 10.8. The second-order valence-corrected chi connectivity index (χ2v) is 5.17. The van der Waals surface area contributed by atoms with Crippen molar-refractivity contribution in [1.82, 2.24) is 0 Å². The summed E-state index contributed by atoms with van der Waals surface area (Å²) in [6, 6.07) is 10.5. The van der Waals surface area contributed by atoms with Crippen LogP contribution in [0.5, 0.6) is 11.5 Å². The molecular weight excluding hydrogens is 322 g/mol.